The van der Waals surface area contributed by atoms with Gasteiger partial charge in [0.25, 0.3) is 0 Å². The summed E-state index contributed by atoms with van der Waals surface area (Å²) in [7, 11) is 0. The monoisotopic (exact) mass is 853 g/mol. The van der Waals surface area contributed by atoms with Gasteiger partial charge in [-0.2, -0.15) is 0 Å². The molecule has 4 heterocycles. The molecule has 2 aliphatic carbocycles. The average molecular weight is 854 g/mol. The lowest BCUT2D eigenvalue weighted by atomic mass is 9.92. The van der Waals surface area contributed by atoms with Crippen molar-refractivity contribution in [3.05, 3.63) is 218 Å². The van der Waals surface area contributed by atoms with E-state index in [-0.39, 0.29) is 0 Å². The van der Waals surface area contributed by atoms with E-state index in [2.05, 4.69) is 226 Å². The smallest absolute Gasteiger partial charge is 0.235 e. The highest BCUT2D eigenvalue weighted by molar-refractivity contribution is 6.20. The molecule has 0 spiro atoms. The minimum absolute atomic E-state index is 0.706. The first-order valence-corrected chi connectivity index (χ1v) is 23.2. The molecule has 5 heteroatoms. The maximum absolute atomic E-state index is 5.59. The lowest BCUT2D eigenvalue weighted by molar-refractivity contribution is 0.878. The summed E-state index contributed by atoms with van der Waals surface area (Å²) in [5.41, 5.74) is 19.9. The predicted molar refractivity (Wildman–Crippen MR) is 278 cm³/mol. The number of nitrogens with zero attached hydrogens (tertiary/aromatic N) is 5. The number of para-hydroxylation sites is 3. The van der Waals surface area contributed by atoms with Crippen LogP contribution in [0.3, 0.4) is 0 Å². The number of benzene rings is 9. The Morgan fingerprint density at radius 3 is 1.84 bits per heavy atom. The van der Waals surface area contributed by atoms with Crippen LogP contribution in [0, 0.1) is 0 Å². The van der Waals surface area contributed by atoms with Gasteiger partial charge in [-0.25, -0.2) is 9.97 Å². The molecule has 312 valence electrons. The van der Waals surface area contributed by atoms with Crippen molar-refractivity contribution >= 4 is 71.4 Å². The van der Waals surface area contributed by atoms with Gasteiger partial charge in [0, 0.05) is 55.6 Å². The molecule has 5 nitrogen and oxygen atoms in total. The number of hydrogen-bond donors (Lipinski definition) is 0. The Morgan fingerprint density at radius 2 is 1.03 bits per heavy atom. The number of allylic oxidation sites excluding steroid dienone is 1. The van der Waals surface area contributed by atoms with E-state index in [0.717, 1.165) is 57.8 Å². The fraction of sp³-hybridized carbons (Fsp3) is 0.0323. The van der Waals surface area contributed by atoms with Crippen LogP contribution in [0.15, 0.2) is 206 Å². The summed E-state index contributed by atoms with van der Waals surface area (Å²) < 4.78 is 7.02. The normalized spacial score (nSPS) is 12.9. The van der Waals surface area contributed by atoms with E-state index in [1.807, 2.05) is 0 Å². The van der Waals surface area contributed by atoms with Gasteiger partial charge in [-0.15, -0.1) is 0 Å². The summed E-state index contributed by atoms with van der Waals surface area (Å²) in [6.45, 7) is 0. The van der Waals surface area contributed by atoms with E-state index in [0.29, 0.717) is 5.95 Å². The van der Waals surface area contributed by atoms with Gasteiger partial charge in [0.15, 0.2) is 0 Å². The lowest BCUT2D eigenvalue weighted by Gasteiger charge is -2.18. The molecule has 67 heavy (non-hydrogen) atoms. The van der Waals surface area contributed by atoms with Crippen LogP contribution in [0.25, 0.3) is 133 Å². The predicted octanol–water partition coefficient (Wildman–Crippen LogP) is 15.7. The largest absolute Gasteiger partial charge is 0.316 e. The van der Waals surface area contributed by atoms with Crippen LogP contribution in [-0.4, -0.2) is 23.7 Å². The van der Waals surface area contributed by atoms with Crippen LogP contribution in [0.4, 0.5) is 0 Å². The third kappa shape index (κ3) is 5.19. The molecular weight excluding hydrogens is 815 g/mol. The van der Waals surface area contributed by atoms with Gasteiger partial charge >= 0.3 is 0 Å². The van der Waals surface area contributed by atoms with Crippen molar-refractivity contribution in [2.24, 2.45) is 0 Å². The third-order valence-electron chi connectivity index (χ3n) is 14.5. The zero-order valence-corrected chi connectivity index (χ0v) is 36.4. The topological polar surface area (TPSA) is 40.6 Å². The van der Waals surface area contributed by atoms with Crippen LogP contribution in [0.2, 0.25) is 0 Å². The number of aromatic nitrogens is 5. The summed E-state index contributed by atoms with van der Waals surface area (Å²) in [4.78, 5) is 11.0. The highest BCUT2D eigenvalue weighted by Crippen LogP contribution is 2.50. The van der Waals surface area contributed by atoms with E-state index >= 15 is 0 Å². The molecule has 4 aromatic heterocycles. The minimum Gasteiger partial charge on any atom is -0.316 e. The molecule has 0 bridgehead atoms. The molecule has 0 saturated heterocycles. The molecule has 0 fully saturated rings. The Labute approximate surface area is 385 Å². The summed E-state index contributed by atoms with van der Waals surface area (Å²) in [6, 6.07) is 70.9. The Bertz CT molecular complexity index is 4230. The summed E-state index contributed by atoms with van der Waals surface area (Å²) in [6.07, 6.45) is 8.54. The van der Waals surface area contributed by atoms with Crippen molar-refractivity contribution in [2.75, 3.05) is 0 Å². The van der Waals surface area contributed by atoms with Gasteiger partial charge in [-0.05, 0) is 124 Å². The zero-order chi connectivity index (χ0) is 43.7. The van der Waals surface area contributed by atoms with Crippen molar-refractivity contribution < 1.29 is 0 Å². The Kier molecular flexibility index (Phi) is 7.55. The molecule has 13 aromatic rings. The van der Waals surface area contributed by atoms with Crippen molar-refractivity contribution in [1.82, 2.24) is 23.7 Å². The first-order valence-electron chi connectivity index (χ1n) is 23.2. The van der Waals surface area contributed by atoms with Gasteiger partial charge < -0.3 is 9.13 Å². The zero-order valence-electron chi connectivity index (χ0n) is 36.4. The maximum Gasteiger partial charge on any atom is 0.235 e. The quantitative estimate of drug-likeness (QED) is 0.173. The SMILES string of the molecule is C1=Cc2c(nc(-n3c4ccccc4c4cc(-c5ccc6c(c5)c5ccc7c(ccn7-c7ccccc7)c5n6-c5ccccc5)ccc43)nc2-c2ccc3c4c(cccc24)-c2ccccc2-3)CC1. The fourth-order valence-electron chi connectivity index (χ4n) is 11.5. The van der Waals surface area contributed by atoms with Crippen LogP contribution < -0.4 is 0 Å². The van der Waals surface area contributed by atoms with E-state index in [1.54, 1.807) is 0 Å². The third-order valence-corrected chi connectivity index (χ3v) is 14.5. The summed E-state index contributed by atoms with van der Waals surface area (Å²) in [5, 5.41) is 8.56. The molecule has 0 unspecified atom stereocenters. The van der Waals surface area contributed by atoms with Gasteiger partial charge in [-0.1, -0.05) is 140 Å². The van der Waals surface area contributed by atoms with Crippen LogP contribution >= 0.6 is 0 Å². The number of rotatable bonds is 5. The summed E-state index contributed by atoms with van der Waals surface area (Å²) in [5.74, 6) is 0.706. The second-order valence-corrected chi connectivity index (χ2v) is 18.0. The number of hydrogen-bond acceptors (Lipinski definition) is 2. The minimum atomic E-state index is 0.706. The molecule has 0 aliphatic heterocycles. The molecule has 15 rings (SSSR count). The van der Waals surface area contributed by atoms with E-state index in [1.165, 1.54) is 87.6 Å². The molecule has 0 saturated carbocycles. The van der Waals surface area contributed by atoms with Gasteiger partial charge in [-0.3, -0.25) is 4.57 Å². The van der Waals surface area contributed by atoms with Crippen LogP contribution in [0.5, 0.6) is 0 Å². The van der Waals surface area contributed by atoms with Crippen molar-refractivity contribution in [2.45, 2.75) is 12.8 Å². The molecular formula is C62H39N5. The standard InChI is InChI=1S/C62H39N5/c1-3-14-40(15-4-1)65-35-34-51-55(65)33-30-49-53-37-39(26-31-57(53)66(61(49)51)41-16-5-2-6-17-41)38-27-32-58-52(36-38)44-20-10-12-25-56(44)67(58)62-63-54-24-11-9-21-50(54)60(64-62)48-29-28-47-43-19-8-7-18-42(43)45-22-13-23-46(48)59(45)47/h1-10,12-23,25-37H,11,24H2. The molecule has 0 atom stereocenters. The van der Waals surface area contributed by atoms with Crippen LogP contribution in [0.1, 0.15) is 17.7 Å². The fourth-order valence-corrected chi connectivity index (χ4v) is 11.5. The first kappa shape index (κ1) is 36.5. The van der Waals surface area contributed by atoms with E-state index in [9.17, 15) is 0 Å². The molecule has 9 aromatic carbocycles. The van der Waals surface area contributed by atoms with Crippen molar-refractivity contribution in [3.63, 3.8) is 0 Å². The lowest BCUT2D eigenvalue weighted by Crippen LogP contribution is -2.10. The Morgan fingerprint density at radius 1 is 0.403 bits per heavy atom. The van der Waals surface area contributed by atoms with Gasteiger partial charge in [0.2, 0.25) is 5.95 Å². The maximum atomic E-state index is 5.59. The van der Waals surface area contributed by atoms with Crippen LogP contribution in [-0.2, 0) is 6.42 Å². The first-order chi connectivity index (χ1) is 33.2. The molecule has 0 amide bonds. The van der Waals surface area contributed by atoms with Crippen molar-refractivity contribution in [1.29, 1.82) is 0 Å². The molecule has 0 N–H and O–H groups in total. The second kappa shape index (κ2) is 13.9. The number of aryl methyl sites for hydroxylation is 1. The van der Waals surface area contributed by atoms with Gasteiger partial charge in [0.05, 0.1) is 39.0 Å². The molecule has 0 radical (unpaired) electrons. The number of fused-ring (bicyclic) bond motifs is 12. The van der Waals surface area contributed by atoms with E-state index < -0.39 is 0 Å². The van der Waals surface area contributed by atoms with Crippen molar-refractivity contribution in [3.8, 4) is 62.0 Å². The summed E-state index contributed by atoms with van der Waals surface area (Å²) >= 11 is 0. The highest BCUT2D eigenvalue weighted by atomic mass is 15.2. The second-order valence-electron chi connectivity index (χ2n) is 18.0. The van der Waals surface area contributed by atoms with Gasteiger partial charge in [0.1, 0.15) is 0 Å². The highest BCUT2D eigenvalue weighted by Gasteiger charge is 2.26. The Balaban J connectivity index is 0.910. The average Bonchev–Trinajstić information content (AvgIpc) is 4.15. The Hall–Kier alpha value is -8.80. The van der Waals surface area contributed by atoms with E-state index in [4.69, 9.17) is 9.97 Å². The molecule has 2 aliphatic rings.